The molecule has 0 radical (unpaired) electrons. The molecule has 7 heteroatoms. The maximum absolute atomic E-state index is 13.1. The van der Waals surface area contributed by atoms with Crippen LogP contribution in [0.2, 0.25) is 0 Å². The minimum Gasteiger partial charge on any atom is -0.494 e. The van der Waals surface area contributed by atoms with Crippen LogP contribution in [0.5, 0.6) is 5.75 Å². The zero-order chi connectivity index (χ0) is 19.1. The number of H-pyrrole nitrogens is 1. The second-order valence-corrected chi connectivity index (χ2v) is 6.43. The van der Waals surface area contributed by atoms with Gasteiger partial charge in [-0.3, -0.25) is 0 Å². The monoisotopic (exact) mass is 384 g/mol. The van der Waals surface area contributed by atoms with Crippen LogP contribution < -0.4 is 4.74 Å². The molecule has 0 saturated carbocycles. The van der Waals surface area contributed by atoms with Crippen molar-refractivity contribution in [3.8, 4) is 17.1 Å². The maximum Gasteiger partial charge on any atom is 0.216 e. The quantitative estimate of drug-likeness (QED) is 0.330. The highest BCUT2D eigenvalue weighted by Gasteiger charge is 2.08. The maximum atomic E-state index is 13.1. The lowest BCUT2D eigenvalue weighted by atomic mass is 10.2. The Balaban J connectivity index is 1.72. The van der Waals surface area contributed by atoms with Crippen LogP contribution in [0.3, 0.4) is 0 Å². The molecule has 1 aromatic heterocycles. The largest absolute Gasteiger partial charge is 0.494 e. The number of benzene rings is 2. The van der Waals surface area contributed by atoms with Crippen molar-refractivity contribution in [2.45, 2.75) is 26.2 Å². The molecule has 0 amide bonds. The molecule has 0 saturated heterocycles. The van der Waals surface area contributed by atoms with Crippen LogP contribution in [-0.4, -0.2) is 27.7 Å². The van der Waals surface area contributed by atoms with Crippen LogP contribution in [0.4, 0.5) is 4.39 Å². The molecular formula is C20H21FN4OS. The van der Waals surface area contributed by atoms with Crippen molar-refractivity contribution in [2.24, 2.45) is 5.10 Å². The number of ether oxygens (including phenoxy) is 1. The molecule has 140 valence electrons. The number of rotatable bonds is 8. The average Bonchev–Trinajstić information content (AvgIpc) is 3.06. The van der Waals surface area contributed by atoms with E-state index < -0.39 is 0 Å². The number of hydrogen-bond acceptors (Lipinski definition) is 4. The van der Waals surface area contributed by atoms with Gasteiger partial charge in [-0.2, -0.15) is 14.9 Å². The Morgan fingerprint density at radius 3 is 2.59 bits per heavy atom. The van der Waals surface area contributed by atoms with Crippen molar-refractivity contribution in [2.75, 3.05) is 6.61 Å². The molecule has 0 aliphatic carbocycles. The van der Waals surface area contributed by atoms with E-state index in [1.165, 1.54) is 29.7 Å². The first kappa shape index (κ1) is 19.0. The Bertz CT molecular complexity index is 945. The van der Waals surface area contributed by atoms with E-state index in [1.54, 1.807) is 18.3 Å². The Morgan fingerprint density at radius 1 is 1.15 bits per heavy atom. The van der Waals surface area contributed by atoms with E-state index in [9.17, 15) is 4.39 Å². The number of unbranched alkanes of at least 4 members (excludes halogenated alkanes) is 2. The molecule has 0 aliphatic heterocycles. The molecule has 2 aromatic carbocycles. The van der Waals surface area contributed by atoms with Gasteiger partial charge in [0.15, 0.2) is 5.82 Å². The van der Waals surface area contributed by atoms with E-state index in [1.807, 2.05) is 24.3 Å². The summed E-state index contributed by atoms with van der Waals surface area (Å²) in [5, 5.41) is 11.3. The summed E-state index contributed by atoms with van der Waals surface area (Å²) in [5.74, 6) is 1.06. The fourth-order valence-electron chi connectivity index (χ4n) is 2.50. The van der Waals surface area contributed by atoms with Gasteiger partial charge in [0.2, 0.25) is 4.77 Å². The summed E-state index contributed by atoms with van der Waals surface area (Å²) in [4.78, 5) is 0. The second kappa shape index (κ2) is 9.23. The van der Waals surface area contributed by atoms with Crippen LogP contribution in [0.15, 0.2) is 53.6 Å². The van der Waals surface area contributed by atoms with Gasteiger partial charge in [0.25, 0.3) is 0 Å². The number of hydrogen-bond donors (Lipinski definition) is 1. The first-order chi connectivity index (χ1) is 13.2. The first-order valence-electron chi connectivity index (χ1n) is 8.88. The number of halogens is 1. The molecular weight excluding hydrogens is 363 g/mol. The molecule has 0 atom stereocenters. The Labute approximate surface area is 162 Å². The Hall–Kier alpha value is -2.80. The van der Waals surface area contributed by atoms with Gasteiger partial charge in [0, 0.05) is 5.56 Å². The van der Waals surface area contributed by atoms with Crippen LogP contribution in [0.25, 0.3) is 11.4 Å². The molecule has 1 N–H and O–H groups in total. The molecule has 1 heterocycles. The van der Waals surface area contributed by atoms with Crippen molar-refractivity contribution < 1.29 is 9.13 Å². The van der Waals surface area contributed by atoms with Gasteiger partial charge >= 0.3 is 0 Å². The highest BCUT2D eigenvalue weighted by Crippen LogP contribution is 2.18. The van der Waals surface area contributed by atoms with Crippen molar-refractivity contribution in [3.05, 3.63) is 64.7 Å². The molecule has 27 heavy (non-hydrogen) atoms. The summed E-state index contributed by atoms with van der Waals surface area (Å²) in [6.07, 6.45) is 5.10. The number of nitrogens with zero attached hydrogens (tertiary/aromatic N) is 3. The van der Waals surface area contributed by atoms with E-state index in [0.29, 0.717) is 10.6 Å². The van der Waals surface area contributed by atoms with E-state index in [-0.39, 0.29) is 5.82 Å². The normalized spacial score (nSPS) is 11.2. The molecule has 0 bridgehead atoms. The van der Waals surface area contributed by atoms with Gasteiger partial charge in [0.1, 0.15) is 11.6 Å². The highest BCUT2D eigenvalue weighted by molar-refractivity contribution is 7.71. The first-order valence-corrected chi connectivity index (χ1v) is 9.29. The number of nitrogens with one attached hydrogen (secondary N) is 1. The molecule has 3 aromatic rings. The third kappa shape index (κ3) is 5.10. The van der Waals surface area contributed by atoms with Crippen LogP contribution in [-0.2, 0) is 0 Å². The fraction of sp³-hybridized carbons (Fsp3) is 0.250. The van der Waals surface area contributed by atoms with Gasteiger partial charge in [0.05, 0.1) is 12.8 Å². The van der Waals surface area contributed by atoms with Gasteiger partial charge in [-0.1, -0.05) is 19.8 Å². The fourth-order valence-corrected chi connectivity index (χ4v) is 2.68. The van der Waals surface area contributed by atoms with Gasteiger partial charge < -0.3 is 4.74 Å². The predicted molar refractivity (Wildman–Crippen MR) is 107 cm³/mol. The standard InChI is InChI=1S/C20H21FN4OS/c1-2-3-4-13-26-18-11-5-15(6-12-18)14-22-25-19(23-24-20(25)27)16-7-9-17(21)10-8-16/h5-12,14H,2-4,13H2,1H3,(H,24,27)/b22-14-. The second-order valence-electron chi connectivity index (χ2n) is 6.04. The highest BCUT2D eigenvalue weighted by atomic mass is 32.1. The molecule has 0 unspecified atom stereocenters. The van der Waals surface area contributed by atoms with E-state index in [4.69, 9.17) is 17.0 Å². The summed E-state index contributed by atoms with van der Waals surface area (Å²) in [6, 6.07) is 13.7. The average molecular weight is 384 g/mol. The minimum absolute atomic E-state index is 0.306. The lowest BCUT2D eigenvalue weighted by molar-refractivity contribution is 0.306. The minimum atomic E-state index is -0.306. The third-order valence-electron chi connectivity index (χ3n) is 3.97. The Kier molecular flexibility index (Phi) is 6.49. The van der Waals surface area contributed by atoms with Gasteiger partial charge in [-0.15, -0.1) is 0 Å². The van der Waals surface area contributed by atoms with Crippen molar-refractivity contribution in [3.63, 3.8) is 0 Å². The van der Waals surface area contributed by atoms with Crippen LogP contribution in [0, 0.1) is 10.6 Å². The molecule has 3 rings (SSSR count). The van der Waals surface area contributed by atoms with E-state index >= 15 is 0 Å². The lowest BCUT2D eigenvalue weighted by Gasteiger charge is -2.05. The zero-order valence-corrected chi connectivity index (χ0v) is 15.9. The summed E-state index contributed by atoms with van der Waals surface area (Å²) < 4.78 is 20.7. The van der Waals surface area contributed by atoms with Crippen LogP contribution >= 0.6 is 12.2 Å². The summed E-state index contributed by atoms with van der Waals surface area (Å²) in [5.41, 5.74) is 1.63. The predicted octanol–water partition coefficient (Wildman–Crippen LogP) is 5.20. The van der Waals surface area contributed by atoms with Crippen molar-refractivity contribution >= 4 is 18.4 Å². The van der Waals surface area contributed by atoms with Gasteiger partial charge in [-0.25, -0.2) is 9.49 Å². The molecule has 0 spiro atoms. The van der Waals surface area contributed by atoms with Crippen LogP contribution in [0.1, 0.15) is 31.7 Å². The number of aromatic nitrogens is 3. The third-order valence-corrected chi connectivity index (χ3v) is 4.24. The lowest BCUT2D eigenvalue weighted by Crippen LogP contribution is -1.97. The van der Waals surface area contributed by atoms with E-state index in [0.717, 1.165) is 29.9 Å². The molecule has 0 fully saturated rings. The SMILES string of the molecule is CCCCCOc1ccc(/C=N\n2c(-c3ccc(F)cc3)n[nH]c2=S)cc1. The Morgan fingerprint density at radius 2 is 1.89 bits per heavy atom. The zero-order valence-electron chi connectivity index (χ0n) is 15.1. The van der Waals surface area contributed by atoms with Crippen molar-refractivity contribution in [1.29, 1.82) is 0 Å². The molecule has 0 aliphatic rings. The number of aromatic amines is 1. The summed E-state index contributed by atoms with van der Waals surface area (Å²) >= 11 is 5.24. The summed E-state index contributed by atoms with van der Waals surface area (Å²) in [7, 11) is 0. The topological polar surface area (TPSA) is 55.2 Å². The van der Waals surface area contributed by atoms with Gasteiger partial charge in [-0.05, 0) is 72.7 Å². The summed E-state index contributed by atoms with van der Waals surface area (Å²) in [6.45, 7) is 2.90. The van der Waals surface area contributed by atoms with Crippen molar-refractivity contribution in [1.82, 2.24) is 14.9 Å². The smallest absolute Gasteiger partial charge is 0.216 e. The molecule has 5 nitrogen and oxygen atoms in total. The van der Waals surface area contributed by atoms with E-state index in [2.05, 4.69) is 22.2 Å².